The van der Waals surface area contributed by atoms with Crippen molar-refractivity contribution in [1.29, 1.82) is 5.26 Å². The highest BCUT2D eigenvalue weighted by atomic mass is 19.1. The lowest BCUT2D eigenvalue weighted by atomic mass is 10.0. The topological polar surface area (TPSA) is 57.7 Å². The number of hydrogen-bond acceptors (Lipinski definition) is 4. The van der Waals surface area contributed by atoms with Crippen LogP contribution in [0, 0.1) is 17.1 Å². The molecular weight excluding hydrogens is 257 g/mol. The summed E-state index contributed by atoms with van der Waals surface area (Å²) in [6, 6.07) is 7.06. The predicted molar refractivity (Wildman–Crippen MR) is 71.6 cm³/mol. The Morgan fingerprint density at radius 3 is 2.75 bits per heavy atom. The molecule has 0 atom stereocenters. The van der Waals surface area contributed by atoms with Crippen LogP contribution < -0.4 is 4.90 Å². The minimum atomic E-state index is -0.455. The number of rotatable bonds is 2. The van der Waals surface area contributed by atoms with Crippen molar-refractivity contribution in [1.82, 2.24) is 14.8 Å². The van der Waals surface area contributed by atoms with Gasteiger partial charge in [0.15, 0.2) is 0 Å². The normalized spacial score (nSPS) is 16.1. The van der Waals surface area contributed by atoms with Gasteiger partial charge in [-0.1, -0.05) is 6.07 Å². The fraction of sp³-hybridized carbons (Fsp3) is 0.357. The first kappa shape index (κ1) is 12.6. The van der Waals surface area contributed by atoms with Gasteiger partial charge in [-0.15, -0.1) is 0 Å². The molecule has 2 aromatic rings. The van der Waals surface area contributed by atoms with Gasteiger partial charge in [0, 0.05) is 13.1 Å². The van der Waals surface area contributed by atoms with Gasteiger partial charge in [0.05, 0.1) is 11.7 Å². The van der Waals surface area contributed by atoms with E-state index in [0.717, 1.165) is 25.9 Å². The number of benzene rings is 1. The molecule has 2 heterocycles. The van der Waals surface area contributed by atoms with E-state index in [-0.39, 0.29) is 5.56 Å². The van der Waals surface area contributed by atoms with Crippen molar-refractivity contribution in [3.8, 4) is 6.07 Å². The molecule has 1 aromatic heterocycles. The first-order chi connectivity index (χ1) is 9.79. The van der Waals surface area contributed by atoms with Crippen molar-refractivity contribution in [2.45, 2.75) is 18.9 Å². The van der Waals surface area contributed by atoms with Crippen LogP contribution in [0.15, 0.2) is 30.9 Å². The average molecular weight is 271 g/mol. The lowest BCUT2D eigenvalue weighted by Gasteiger charge is -2.33. The third-order valence-corrected chi connectivity index (χ3v) is 3.72. The fourth-order valence-electron chi connectivity index (χ4n) is 2.66. The summed E-state index contributed by atoms with van der Waals surface area (Å²) in [5.41, 5.74) is 0.816. The second-order valence-electron chi connectivity index (χ2n) is 4.84. The molecule has 5 nitrogen and oxygen atoms in total. The number of piperidine rings is 1. The van der Waals surface area contributed by atoms with Crippen molar-refractivity contribution in [3.05, 3.63) is 42.2 Å². The van der Waals surface area contributed by atoms with Gasteiger partial charge in [-0.05, 0) is 25.0 Å². The summed E-state index contributed by atoms with van der Waals surface area (Å²) in [6.45, 7) is 1.56. The minimum absolute atomic E-state index is 0.131. The summed E-state index contributed by atoms with van der Waals surface area (Å²) >= 11 is 0. The highest BCUT2D eigenvalue weighted by molar-refractivity contribution is 5.60. The van der Waals surface area contributed by atoms with E-state index in [2.05, 4.69) is 15.0 Å². The maximum atomic E-state index is 13.6. The first-order valence-electron chi connectivity index (χ1n) is 6.57. The van der Waals surface area contributed by atoms with Crippen LogP contribution >= 0.6 is 0 Å². The molecule has 1 aliphatic rings. The summed E-state index contributed by atoms with van der Waals surface area (Å²) in [4.78, 5) is 6.02. The summed E-state index contributed by atoms with van der Waals surface area (Å²) < 4.78 is 15.5. The van der Waals surface area contributed by atoms with Crippen LogP contribution in [0.2, 0.25) is 0 Å². The van der Waals surface area contributed by atoms with Gasteiger partial charge in [0.25, 0.3) is 0 Å². The molecule has 1 saturated heterocycles. The molecule has 6 heteroatoms. The molecule has 0 amide bonds. The van der Waals surface area contributed by atoms with E-state index in [1.807, 2.05) is 10.8 Å². The second kappa shape index (κ2) is 5.29. The van der Waals surface area contributed by atoms with E-state index in [9.17, 15) is 4.39 Å². The molecule has 1 aliphatic heterocycles. The van der Waals surface area contributed by atoms with E-state index in [1.165, 1.54) is 12.4 Å². The molecule has 0 unspecified atom stereocenters. The molecule has 0 N–H and O–H groups in total. The van der Waals surface area contributed by atoms with Crippen LogP contribution in [0.1, 0.15) is 24.4 Å². The number of aromatic nitrogens is 3. The van der Waals surface area contributed by atoms with Crippen LogP contribution in [0.5, 0.6) is 0 Å². The van der Waals surface area contributed by atoms with E-state index in [1.54, 1.807) is 18.5 Å². The number of nitrogens with zero attached hydrogens (tertiary/aromatic N) is 5. The van der Waals surface area contributed by atoms with Crippen LogP contribution in [-0.2, 0) is 0 Å². The standard InChI is InChI=1S/C14H14FN5/c15-13-2-1-3-14(12(13)8-16)19-6-4-11(5-7-19)20-10-17-9-18-20/h1-3,9-11H,4-7H2. The van der Waals surface area contributed by atoms with Crippen LogP contribution in [0.3, 0.4) is 0 Å². The van der Waals surface area contributed by atoms with Gasteiger partial charge in [0.1, 0.15) is 30.1 Å². The molecule has 0 bridgehead atoms. The van der Waals surface area contributed by atoms with Crippen LogP contribution in [0.25, 0.3) is 0 Å². The first-order valence-corrected chi connectivity index (χ1v) is 6.57. The highest BCUT2D eigenvalue weighted by Crippen LogP contribution is 2.28. The lowest BCUT2D eigenvalue weighted by Crippen LogP contribution is -2.35. The second-order valence-corrected chi connectivity index (χ2v) is 4.84. The largest absolute Gasteiger partial charge is 0.370 e. The zero-order chi connectivity index (χ0) is 13.9. The zero-order valence-corrected chi connectivity index (χ0v) is 10.9. The molecule has 0 aliphatic carbocycles. The van der Waals surface area contributed by atoms with E-state index < -0.39 is 5.82 Å². The summed E-state index contributed by atoms with van der Waals surface area (Å²) in [6.07, 6.45) is 5.07. The average Bonchev–Trinajstić information content (AvgIpc) is 3.01. The van der Waals surface area contributed by atoms with Gasteiger partial charge < -0.3 is 4.90 Å². The van der Waals surface area contributed by atoms with Gasteiger partial charge in [-0.2, -0.15) is 10.4 Å². The molecule has 0 spiro atoms. The maximum absolute atomic E-state index is 13.6. The van der Waals surface area contributed by atoms with Crippen LogP contribution in [-0.4, -0.2) is 27.9 Å². The van der Waals surface area contributed by atoms with Crippen molar-refractivity contribution in [2.75, 3.05) is 18.0 Å². The number of halogens is 1. The number of hydrogen-bond donors (Lipinski definition) is 0. The Hall–Kier alpha value is -2.42. The van der Waals surface area contributed by atoms with Crippen molar-refractivity contribution < 1.29 is 4.39 Å². The van der Waals surface area contributed by atoms with E-state index in [0.29, 0.717) is 11.7 Å². The molecule has 0 radical (unpaired) electrons. The third-order valence-electron chi connectivity index (χ3n) is 3.72. The smallest absolute Gasteiger partial charge is 0.143 e. The van der Waals surface area contributed by atoms with Crippen molar-refractivity contribution >= 4 is 5.69 Å². The Morgan fingerprint density at radius 1 is 1.30 bits per heavy atom. The van der Waals surface area contributed by atoms with Crippen molar-refractivity contribution in [3.63, 3.8) is 0 Å². The molecule has 1 aromatic carbocycles. The maximum Gasteiger partial charge on any atom is 0.143 e. The molecular formula is C14H14FN5. The monoisotopic (exact) mass is 271 g/mol. The Bertz CT molecular complexity index is 624. The van der Waals surface area contributed by atoms with Gasteiger partial charge >= 0.3 is 0 Å². The third kappa shape index (κ3) is 2.23. The zero-order valence-electron chi connectivity index (χ0n) is 10.9. The Kier molecular flexibility index (Phi) is 3.33. The number of nitriles is 1. The SMILES string of the molecule is N#Cc1c(F)cccc1N1CCC(n2cncn2)CC1. The quantitative estimate of drug-likeness (QED) is 0.839. The minimum Gasteiger partial charge on any atom is -0.370 e. The lowest BCUT2D eigenvalue weighted by molar-refractivity contribution is 0.366. The van der Waals surface area contributed by atoms with Gasteiger partial charge in [-0.25, -0.2) is 14.1 Å². The highest BCUT2D eigenvalue weighted by Gasteiger charge is 2.23. The molecule has 0 saturated carbocycles. The van der Waals surface area contributed by atoms with E-state index >= 15 is 0 Å². The van der Waals surface area contributed by atoms with Gasteiger partial charge in [-0.3, -0.25) is 0 Å². The molecule has 20 heavy (non-hydrogen) atoms. The number of anilines is 1. The fourth-order valence-corrected chi connectivity index (χ4v) is 2.66. The van der Waals surface area contributed by atoms with E-state index in [4.69, 9.17) is 5.26 Å². The summed E-state index contributed by atoms with van der Waals surface area (Å²) in [5, 5.41) is 13.3. The van der Waals surface area contributed by atoms with Crippen LogP contribution in [0.4, 0.5) is 10.1 Å². The Balaban J connectivity index is 1.76. The Morgan fingerprint density at radius 2 is 2.10 bits per heavy atom. The van der Waals surface area contributed by atoms with Gasteiger partial charge in [0.2, 0.25) is 0 Å². The molecule has 102 valence electrons. The predicted octanol–water partition coefficient (Wildman–Crippen LogP) is 2.13. The summed E-state index contributed by atoms with van der Waals surface area (Å²) in [7, 11) is 0. The molecule has 3 rings (SSSR count). The van der Waals surface area contributed by atoms with Crippen molar-refractivity contribution in [2.24, 2.45) is 0 Å². The summed E-state index contributed by atoms with van der Waals surface area (Å²) in [5.74, 6) is -0.455. The Labute approximate surface area is 116 Å². The molecule has 1 fully saturated rings.